The van der Waals surface area contributed by atoms with Gasteiger partial charge < -0.3 is 19.1 Å². The van der Waals surface area contributed by atoms with Crippen molar-refractivity contribution in [1.29, 1.82) is 0 Å². The van der Waals surface area contributed by atoms with Crippen LogP contribution in [0, 0.1) is 6.92 Å². The normalized spacial score (nSPS) is 14.5. The molecule has 2 aromatic rings. The maximum Gasteiger partial charge on any atom is 0.246 e. The number of aryl methyl sites for hydroxylation is 1. The van der Waals surface area contributed by atoms with E-state index in [-0.39, 0.29) is 18.3 Å². The summed E-state index contributed by atoms with van der Waals surface area (Å²) in [5, 5.41) is 3.20. The molecule has 3 rings (SSSR count). The second-order valence-electron chi connectivity index (χ2n) is 6.78. The summed E-state index contributed by atoms with van der Waals surface area (Å²) in [6.45, 7) is 5.98. The van der Waals surface area contributed by atoms with Crippen molar-refractivity contribution in [2.75, 3.05) is 47.5 Å². The molecule has 0 unspecified atom stereocenters. The van der Waals surface area contributed by atoms with Crippen LogP contribution in [0.3, 0.4) is 0 Å². The van der Waals surface area contributed by atoms with Crippen molar-refractivity contribution >= 4 is 35.7 Å². The highest BCUT2D eigenvalue weighted by Gasteiger charge is 2.20. The number of hydrogen-bond donors (Lipinski definition) is 0. The average molecular weight is 454 g/mol. The Morgan fingerprint density at radius 3 is 2.23 bits per heavy atom. The van der Waals surface area contributed by atoms with Crippen LogP contribution in [-0.2, 0) is 11.3 Å². The van der Waals surface area contributed by atoms with E-state index in [1.807, 2.05) is 24.0 Å². The molecule has 0 radical (unpaired) electrons. The molecule has 1 aliphatic rings. The number of ether oxygens (including phenoxy) is 3. The van der Waals surface area contributed by atoms with Crippen LogP contribution in [0.4, 0.5) is 0 Å². The average Bonchev–Trinajstić information content (AvgIpc) is 3.16. The fourth-order valence-corrected chi connectivity index (χ4v) is 4.08. The first-order chi connectivity index (χ1) is 14.0. The summed E-state index contributed by atoms with van der Waals surface area (Å²) in [6, 6.07) is 3.64. The lowest BCUT2D eigenvalue weighted by atomic mass is 10.1. The van der Waals surface area contributed by atoms with E-state index in [1.165, 1.54) is 0 Å². The lowest BCUT2D eigenvalue weighted by molar-refractivity contribution is -0.127. The molecule has 0 aliphatic carbocycles. The van der Waals surface area contributed by atoms with Crippen molar-refractivity contribution in [2.45, 2.75) is 13.5 Å². The fourth-order valence-electron chi connectivity index (χ4n) is 3.26. The van der Waals surface area contributed by atoms with Gasteiger partial charge in [0.1, 0.15) is 5.01 Å². The van der Waals surface area contributed by atoms with E-state index in [9.17, 15) is 4.79 Å². The van der Waals surface area contributed by atoms with Gasteiger partial charge in [0, 0.05) is 43.3 Å². The van der Waals surface area contributed by atoms with Crippen molar-refractivity contribution < 1.29 is 19.0 Å². The van der Waals surface area contributed by atoms with Gasteiger partial charge in [-0.05, 0) is 30.7 Å². The Kier molecular flexibility index (Phi) is 8.95. The first-order valence-electron chi connectivity index (χ1n) is 9.44. The SMILES string of the molecule is COc1cc(/C=C/C(=O)N2CCN(Cc3nc(C)cs3)CC2)cc(OC)c1OC.Cl. The molecule has 7 nitrogen and oxygen atoms in total. The minimum absolute atomic E-state index is 0. The van der Waals surface area contributed by atoms with Gasteiger partial charge in [-0.1, -0.05) is 0 Å². The number of benzene rings is 1. The van der Waals surface area contributed by atoms with Gasteiger partial charge in [-0.15, -0.1) is 23.7 Å². The van der Waals surface area contributed by atoms with E-state index in [1.54, 1.807) is 44.8 Å². The van der Waals surface area contributed by atoms with Gasteiger partial charge >= 0.3 is 0 Å². The molecule has 1 saturated heterocycles. The molecule has 9 heteroatoms. The molecule has 1 aromatic carbocycles. The van der Waals surface area contributed by atoms with Gasteiger partial charge in [0.05, 0.1) is 27.9 Å². The number of amides is 1. The third kappa shape index (κ3) is 5.87. The third-order valence-corrected chi connectivity index (χ3v) is 5.77. The topological polar surface area (TPSA) is 64.1 Å². The van der Waals surface area contributed by atoms with E-state index in [0.29, 0.717) is 30.3 Å². The Bertz CT molecular complexity index is 854. The van der Waals surface area contributed by atoms with Crippen molar-refractivity contribution in [2.24, 2.45) is 0 Å². The summed E-state index contributed by atoms with van der Waals surface area (Å²) in [5.41, 5.74) is 1.88. The van der Waals surface area contributed by atoms with Gasteiger partial charge in [0.25, 0.3) is 0 Å². The molecule has 0 N–H and O–H groups in total. The van der Waals surface area contributed by atoms with Crippen LogP contribution >= 0.6 is 23.7 Å². The third-order valence-electron chi connectivity index (χ3n) is 4.81. The monoisotopic (exact) mass is 453 g/mol. The number of thiazole rings is 1. The van der Waals surface area contributed by atoms with Crippen molar-refractivity contribution in [3.8, 4) is 17.2 Å². The van der Waals surface area contributed by atoms with Crippen molar-refractivity contribution in [3.63, 3.8) is 0 Å². The summed E-state index contributed by atoms with van der Waals surface area (Å²) >= 11 is 1.69. The highest BCUT2D eigenvalue weighted by molar-refractivity contribution is 7.09. The first-order valence-corrected chi connectivity index (χ1v) is 10.3. The Hall–Kier alpha value is -2.29. The molecule has 1 aromatic heterocycles. The number of aromatic nitrogens is 1. The molecule has 2 heterocycles. The molecule has 0 bridgehead atoms. The summed E-state index contributed by atoms with van der Waals surface area (Å²) < 4.78 is 16.1. The standard InChI is InChI=1S/C21H27N3O4S.ClH/c1-15-14-29-19(22-15)13-23-7-9-24(10-8-23)20(25)6-5-16-11-17(26-2)21(28-4)18(12-16)27-3;/h5-6,11-12,14H,7-10,13H2,1-4H3;1H/b6-5+;. The predicted molar refractivity (Wildman–Crippen MR) is 121 cm³/mol. The summed E-state index contributed by atoms with van der Waals surface area (Å²) in [7, 11) is 4.71. The summed E-state index contributed by atoms with van der Waals surface area (Å²) in [5.74, 6) is 1.66. The van der Waals surface area contributed by atoms with E-state index >= 15 is 0 Å². The second kappa shape index (κ2) is 11.2. The summed E-state index contributed by atoms with van der Waals surface area (Å²) in [6.07, 6.45) is 3.37. The molecule has 0 saturated carbocycles. The fraction of sp³-hybridized carbons (Fsp3) is 0.429. The number of carbonyl (C=O) groups is 1. The molecule has 0 spiro atoms. The predicted octanol–water partition coefficient (Wildman–Crippen LogP) is 3.26. The minimum atomic E-state index is 0. The van der Waals surface area contributed by atoms with E-state index in [4.69, 9.17) is 14.2 Å². The van der Waals surface area contributed by atoms with Crippen LogP contribution in [0.5, 0.6) is 17.2 Å². The zero-order chi connectivity index (χ0) is 20.8. The van der Waals surface area contributed by atoms with E-state index in [0.717, 1.165) is 35.9 Å². The maximum absolute atomic E-state index is 12.6. The zero-order valence-electron chi connectivity index (χ0n) is 17.7. The van der Waals surface area contributed by atoms with Gasteiger partial charge in [0.15, 0.2) is 11.5 Å². The highest BCUT2D eigenvalue weighted by atomic mass is 35.5. The number of piperazine rings is 1. The number of rotatable bonds is 7. The van der Waals surface area contributed by atoms with E-state index < -0.39 is 0 Å². The number of halogens is 1. The molecule has 30 heavy (non-hydrogen) atoms. The van der Waals surface area contributed by atoms with E-state index in [2.05, 4.69) is 15.3 Å². The van der Waals surface area contributed by atoms with Gasteiger partial charge in [-0.2, -0.15) is 0 Å². The lowest BCUT2D eigenvalue weighted by Gasteiger charge is -2.33. The molecule has 0 atom stereocenters. The maximum atomic E-state index is 12.6. The molecule has 1 fully saturated rings. The second-order valence-corrected chi connectivity index (χ2v) is 7.72. The molecular weight excluding hydrogens is 426 g/mol. The Morgan fingerprint density at radius 2 is 1.73 bits per heavy atom. The Labute approximate surface area is 187 Å². The van der Waals surface area contributed by atoms with Crippen molar-refractivity contribution in [1.82, 2.24) is 14.8 Å². The van der Waals surface area contributed by atoms with Crippen LogP contribution in [-0.4, -0.2) is 68.2 Å². The van der Waals surface area contributed by atoms with Crippen LogP contribution in [0.15, 0.2) is 23.6 Å². The molecule has 1 aliphatic heterocycles. The number of nitrogens with zero attached hydrogens (tertiary/aromatic N) is 3. The molecule has 1 amide bonds. The van der Waals surface area contributed by atoms with Gasteiger partial charge in [-0.25, -0.2) is 4.98 Å². The van der Waals surface area contributed by atoms with Gasteiger partial charge in [0.2, 0.25) is 11.7 Å². The lowest BCUT2D eigenvalue weighted by Crippen LogP contribution is -2.47. The van der Waals surface area contributed by atoms with Crippen LogP contribution in [0.1, 0.15) is 16.3 Å². The molecular formula is C21H28ClN3O4S. The number of carbonyl (C=O) groups excluding carboxylic acids is 1. The number of methoxy groups -OCH3 is 3. The minimum Gasteiger partial charge on any atom is -0.493 e. The number of hydrogen-bond acceptors (Lipinski definition) is 7. The summed E-state index contributed by atoms with van der Waals surface area (Å²) in [4.78, 5) is 21.3. The largest absolute Gasteiger partial charge is 0.493 e. The smallest absolute Gasteiger partial charge is 0.246 e. The Morgan fingerprint density at radius 1 is 1.10 bits per heavy atom. The zero-order valence-corrected chi connectivity index (χ0v) is 19.3. The molecule has 164 valence electrons. The van der Waals surface area contributed by atoms with Crippen LogP contribution in [0.25, 0.3) is 6.08 Å². The first kappa shape index (κ1) is 24.0. The van der Waals surface area contributed by atoms with Gasteiger partial charge in [-0.3, -0.25) is 9.69 Å². The quantitative estimate of drug-likeness (QED) is 0.599. The highest BCUT2D eigenvalue weighted by Crippen LogP contribution is 2.38. The van der Waals surface area contributed by atoms with Crippen molar-refractivity contribution in [3.05, 3.63) is 39.9 Å². The Balaban J connectivity index is 0.00000320. The van der Waals surface area contributed by atoms with Crippen LogP contribution in [0.2, 0.25) is 0 Å². The van der Waals surface area contributed by atoms with Crippen LogP contribution < -0.4 is 14.2 Å².